The summed E-state index contributed by atoms with van der Waals surface area (Å²) in [5.74, 6) is -0.428. The lowest BCUT2D eigenvalue weighted by Gasteiger charge is -2.04. The highest BCUT2D eigenvalue weighted by molar-refractivity contribution is 7.22. The van der Waals surface area contributed by atoms with E-state index in [-0.39, 0.29) is 18.3 Å². The van der Waals surface area contributed by atoms with Crippen molar-refractivity contribution in [1.82, 2.24) is 10.3 Å². The van der Waals surface area contributed by atoms with E-state index in [1.165, 1.54) is 23.5 Å². The summed E-state index contributed by atoms with van der Waals surface area (Å²) < 4.78 is 18.6. The van der Waals surface area contributed by atoms with Crippen molar-refractivity contribution in [3.8, 4) is 0 Å². The molecule has 0 aliphatic heterocycles. The van der Waals surface area contributed by atoms with Gasteiger partial charge in [-0.1, -0.05) is 11.3 Å². The molecule has 0 saturated carbocycles. The molecule has 0 atom stereocenters. The minimum atomic E-state index is -0.292. The van der Waals surface area contributed by atoms with Gasteiger partial charge in [-0.25, -0.2) is 9.37 Å². The summed E-state index contributed by atoms with van der Waals surface area (Å²) in [6.07, 6.45) is 0. The van der Waals surface area contributed by atoms with Crippen LogP contribution in [-0.2, 0) is 9.53 Å². The second-order valence-electron chi connectivity index (χ2n) is 3.83. The van der Waals surface area contributed by atoms with Gasteiger partial charge in [0.25, 0.3) is 0 Å². The number of ether oxygens (including phenoxy) is 1. The topological polar surface area (TPSA) is 63.2 Å². The standard InChI is InChI=1S/C12H14FN3O2S/c1-18-5-4-14-11(17)7-15-12-16-9-3-2-8(13)6-10(9)19-12/h2-3,6H,4-5,7H2,1H3,(H,14,17)(H,15,16). The van der Waals surface area contributed by atoms with Gasteiger partial charge in [-0.15, -0.1) is 0 Å². The molecule has 7 heteroatoms. The van der Waals surface area contributed by atoms with Crippen LogP contribution in [0.5, 0.6) is 0 Å². The highest BCUT2D eigenvalue weighted by Crippen LogP contribution is 2.26. The van der Waals surface area contributed by atoms with Crippen LogP contribution in [0, 0.1) is 5.82 Å². The third kappa shape index (κ3) is 3.87. The highest BCUT2D eigenvalue weighted by Gasteiger charge is 2.06. The summed E-state index contributed by atoms with van der Waals surface area (Å²) in [5, 5.41) is 6.20. The molecule has 0 radical (unpaired) electrons. The number of nitrogens with zero attached hydrogens (tertiary/aromatic N) is 1. The summed E-state index contributed by atoms with van der Waals surface area (Å²) in [6, 6.07) is 4.41. The fourth-order valence-corrected chi connectivity index (χ4v) is 2.37. The first kappa shape index (κ1) is 13.7. The molecule has 19 heavy (non-hydrogen) atoms. The first-order chi connectivity index (χ1) is 9.19. The molecule has 0 aliphatic carbocycles. The monoisotopic (exact) mass is 283 g/mol. The number of rotatable bonds is 6. The average molecular weight is 283 g/mol. The number of hydrogen-bond donors (Lipinski definition) is 2. The molecular formula is C12H14FN3O2S. The maximum atomic E-state index is 13.0. The number of amides is 1. The van der Waals surface area contributed by atoms with Crippen LogP contribution in [0.2, 0.25) is 0 Å². The predicted octanol–water partition coefficient (Wildman–Crippen LogP) is 1.61. The molecule has 0 saturated heterocycles. The molecule has 2 aromatic rings. The molecule has 0 aliphatic rings. The minimum absolute atomic E-state index is 0.131. The van der Waals surface area contributed by atoms with Crippen molar-refractivity contribution in [2.24, 2.45) is 0 Å². The van der Waals surface area contributed by atoms with Crippen molar-refractivity contribution in [2.45, 2.75) is 0 Å². The van der Waals surface area contributed by atoms with Gasteiger partial charge in [0.15, 0.2) is 5.13 Å². The highest BCUT2D eigenvalue weighted by atomic mass is 32.1. The van der Waals surface area contributed by atoms with Crippen LogP contribution < -0.4 is 10.6 Å². The zero-order valence-corrected chi connectivity index (χ0v) is 11.2. The number of methoxy groups -OCH3 is 1. The van der Waals surface area contributed by atoms with E-state index in [0.717, 1.165) is 4.70 Å². The largest absolute Gasteiger partial charge is 0.383 e. The summed E-state index contributed by atoms with van der Waals surface area (Å²) in [7, 11) is 1.57. The third-order valence-corrected chi connectivity index (χ3v) is 3.35. The van der Waals surface area contributed by atoms with Crippen molar-refractivity contribution < 1.29 is 13.9 Å². The van der Waals surface area contributed by atoms with E-state index in [9.17, 15) is 9.18 Å². The fraction of sp³-hybridized carbons (Fsp3) is 0.333. The Bertz CT molecular complexity index is 573. The minimum Gasteiger partial charge on any atom is -0.383 e. The second kappa shape index (κ2) is 6.44. The van der Waals surface area contributed by atoms with E-state index in [1.54, 1.807) is 13.2 Å². The van der Waals surface area contributed by atoms with Gasteiger partial charge in [0.05, 0.1) is 23.4 Å². The maximum Gasteiger partial charge on any atom is 0.239 e. The molecule has 1 amide bonds. The Morgan fingerprint density at radius 3 is 3.16 bits per heavy atom. The number of nitrogens with one attached hydrogen (secondary N) is 2. The number of thiazole rings is 1. The predicted molar refractivity (Wildman–Crippen MR) is 73.0 cm³/mol. The quantitative estimate of drug-likeness (QED) is 0.791. The molecule has 0 spiro atoms. The number of anilines is 1. The van der Waals surface area contributed by atoms with Crippen molar-refractivity contribution in [3.63, 3.8) is 0 Å². The van der Waals surface area contributed by atoms with Crippen molar-refractivity contribution >= 4 is 32.6 Å². The van der Waals surface area contributed by atoms with E-state index in [2.05, 4.69) is 15.6 Å². The number of hydrogen-bond acceptors (Lipinski definition) is 5. The average Bonchev–Trinajstić information content (AvgIpc) is 2.78. The van der Waals surface area contributed by atoms with Crippen LogP contribution in [0.25, 0.3) is 10.2 Å². The van der Waals surface area contributed by atoms with Gasteiger partial charge in [-0.3, -0.25) is 4.79 Å². The van der Waals surface area contributed by atoms with Gasteiger partial charge in [0.1, 0.15) is 5.82 Å². The Labute approximate surface area is 113 Å². The van der Waals surface area contributed by atoms with Crippen LogP contribution in [-0.4, -0.2) is 37.7 Å². The Morgan fingerprint density at radius 2 is 2.37 bits per heavy atom. The van der Waals surface area contributed by atoms with Gasteiger partial charge in [-0.05, 0) is 18.2 Å². The van der Waals surface area contributed by atoms with Gasteiger partial charge >= 0.3 is 0 Å². The van der Waals surface area contributed by atoms with Gasteiger partial charge in [0.2, 0.25) is 5.91 Å². The Kier molecular flexibility index (Phi) is 4.64. The van der Waals surface area contributed by atoms with Crippen LogP contribution in [0.3, 0.4) is 0 Å². The van der Waals surface area contributed by atoms with Crippen molar-refractivity contribution in [2.75, 3.05) is 32.1 Å². The molecule has 0 bridgehead atoms. The van der Waals surface area contributed by atoms with Crippen molar-refractivity contribution in [3.05, 3.63) is 24.0 Å². The van der Waals surface area contributed by atoms with E-state index >= 15 is 0 Å². The number of carbonyl (C=O) groups excluding carboxylic acids is 1. The van der Waals surface area contributed by atoms with Crippen LogP contribution in [0.15, 0.2) is 18.2 Å². The Balaban J connectivity index is 1.89. The van der Waals surface area contributed by atoms with Gasteiger partial charge in [-0.2, -0.15) is 0 Å². The smallest absolute Gasteiger partial charge is 0.239 e. The first-order valence-corrected chi connectivity index (χ1v) is 6.56. The van der Waals surface area contributed by atoms with Gasteiger partial charge in [0, 0.05) is 13.7 Å². The zero-order valence-electron chi connectivity index (χ0n) is 10.4. The molecular weight excluding hydrogens is 269 g/mol. The second-order valence-corrected chi connectivity index (χ2v) is 4.86. The van der Waals surface area contributed by atoms with E-state index < -0.39 is 0 Å². The van der Waals surface area contributed by atoms with Crippen molar-refractivity contribution in [1.29, 1.82) is 0 Å². The molecule has 2 N–H and O–H groups in total. The molecule has 0 fully saturated rings. The van der Waals surface area contributed by atoms with E-state index in [1.807, 2.05) is 0 Å². The molecule has 102 valence electrons. The van der Waals surface area contributed by atoms with Crippen LogP contribution >= 0.6 is 11.3 Å². The fourth-order valence-electron chi connectivity index (χ4n) is 1.48. The summed E-state index contributed by atoms with van der Waals surface area (Å²) in [5.41, 5.74) is 0.716. The molecule has 1 aromatic carbocycles. The normalized spacial score (nSPS) is 10.6. The number of carbonyl (C=O) groups is 1. The SMILES string of the molecule is COCCNC(=O)CNc1nc2ccc(F)cc2s1. The van der Waals surface area contributed by atoms with E-state index in [4.69, 9.17) is 4.74 Å². The number of aromatic nitrogens is 1. The third-order valence-electron chi connectivity index (χ3n) is 2.38. The maximum absolute atomic E-state index is 13.0. The van der Waals surface area contributed by atoms with Crippen LogP contribution in [0.4, 0.5) is 9.52 Å². The summed E-state index contributed by atoms with van der Waals surface area (Å²) in [6.45, 7) is 1.08. The molecule has 5 nitrogen and oxygen atoms in total. The molecule has 1 aromatic heterocycles. The molecule has 2 rings (SSSR count). The Morgan fingerprint density at radius 1 is 1.53 bits per heavy atom. The number of halogens is 1. The summed E-state index contributed by atoms with van der Waals surface area (Å²) in [4.78, 5) is 15.7. The van der Waals surface area contributed by atoms with Crippen LogP contribution in [0.1, 0.15) is 0 Å². The summed E-state index contributed by atoms with van der Waals surface area (Å²) >= 11 is 1.31. The molecule has 0 unspecified atom stereocenters. The molecule has 1 heterocycles. The Hall–Kier alpha value is -1.73. The zero-order chi connectivity index (χ0) is 13.7. The van der Waals surface area contributed by atoms with Gasteiger partial charge < -0.3 is 15.4 Å². The lowest BCUT2D eigenvalue weighted by molar-refractivity contribution is -0.119. The first-order valence-electron chi connectivity index (χ1n) is 5.74. The number of benzene rings is 1. The number of fused-ring (bicyclic) bond motifs is 1. The van der Waals surface area contributed by atoms with E-state index in [0.29, 0.717) is 23.8 Å². The lowest BCUT2D eigenvalue weighted by atomic mass is 10.3. The lowest BCUT2D eigenvalue weighted by Crippen LogP contribution is -2.32.